The molecule has 0 saturated carbocycles. The Morgan fingerprint density at radius 3 is 2.33 bits per heavy atom. The number of esters is 2. The maximum atomic E-state index is 14.7. The van der Waals surface area contributed by atoms with Crippen molar-refractivity contribution in [1.29, 1.82) is 0 Å². The molecule has 8 heteroatoms. The second-order valence-electron chi connectivity index (χ2n) is 6.57. The number of carbonyl (C=O) groups excluding carboxylic acids is 2. The number of carbonyl (C=O) groups is 2. The van der Waals surface area contributed by atoms with Gasteiger partial charge >= 0.3 is 11.9 Å². The highest BCUT2D eigenvalue weighted by Gasteiger charge is 2.40. The number of para-hydroxylation sites is 1. The lowest BCUT2D eigenvalue weighted by molar-refractivity contribution is -0.162. The van der Waals surface area contributed by atoms with Gasteiger partial charge in [-0.05, 0) is 38.5 Å². The smallest absolute Gasteiger partial charge is 0.322 e. The van der Waals surface area contributed by atoms with Crippen molar-refractivity contribution >= 4 is 38.6 Å². The summed E-state index contributed by atoms with van der Waals surface area (Å²) in [5.74, 6) is -3.51. The van der Waals surface area contributed by atoms with Gasteiger partial charge in [0.15, 0.2) is 11.0 Å². The van der Waals surface area contributed by atoms with Gasteiger partial charge in [-0.2, -0.15) is 0 Å². The van der Waals surface area contributed by atoms with Crippen LogP contribution in [0.1, 0.15) is 31.0 Å². The number of fused-ring (bicyclic) bond motifs is 1. The lowest BCUT2D eigenvalue weighted by Gasteiger charge is -2.25. The van der Waals surface area contributed by atoms with Crippen molar-refractivity contribution in [1.82, 2.24) is 4.98 Å². The fraction of sp³-hybridized carbons (Fsp3) is 0.318. The van der Waals surface area contributed by atoms with E-state index in [0.29, 0.717) is 5.13 Å². The highest BCUT2D eigenvalue weighted by atomic mass is 32.1. The number of ether oxygens (including phenoxy) is 2. The number of thiazole rings is 1. The summed E-state index contributed by atoms with van der Waals surface area (Å²) in [6, 6.07) is 10.7. The van der Waals surface area contributed by atoms with E-state index < -0.39 is 29.7 Å². The summed E-state index contributed by atoms with van der Waals surface area (Å²) < 4.78 is 25.9. The molecule has 1 heterocycles. The van der Waals surface area contributed by atoms with Gasteiger partial charge in [0.2, 0.25) is 0 Å². The lowest BCUT2D eigenvalue weighted by Crippen LogP contribution is -2.37. The van der Waals surface area contributed by atoms with Gasteiger partial charge in [-0.25, -0.2) is 9.37 Å². The first-order valence-electron chi connectivity index (χ1n) is 9.66. The Kier molecular flexibility index (Phi) is 6.99. The van der Waals surface area contributed by atoms with Crippen LogP contribution in [0.3, 0.4) is 0 Å². The topological polar surface area (TPSA) is 77.5 Å². The number of benzene rings is 2. The van der Waals surface area contributed by atoms with Crippen LogP contribution >= 0.6 is 11.3 Å². The van der Waals surface area contributed by atoms with Crippen molar-refractivity contribution in [3.8, 4) is 0 Å². The lowest BCUT2D eigenvalue weighted by atomic mass is 9.92. The third-order valence-electron chi connectivity index (χ3n) is 4.55. The number of rotatable bonds is 8. The summed E-state index contributed by atoms with van der Waals surface area (Å²) in [5.41, 5.74) is 1.95. The Morgan fingerprint density at radius 1 is 1.07 bits per heavy atom. The summed E-state index contributed by atoms with van der Waals surface area (Å²) in [6.07, 6.45) is 0. The maximum absolute atomic E-state index is 14.7. The third kappa shape index (κ3) is 4.59. The normalized spacial score (nSPS) is 12.0. The molecule has 0 aliphatic carbocycles. The molecule has 3 aromatic rings. The number of anilines is 1. The van der Waals surface area contributed by atoms with Crippen molar-refractivity contribution < 1.29 is 23.5 Å². The van der Waals surface area contributed by atoms with Gasteiger partial charge in [-0.1, -0.05) is 41.7 Å². The largest absolute Gasteiger partial charge is 0.465 e. The molecule has 0 spiro atoms. The first-order valence-corrected chi connectivity index (χ1v) is 10.5. The molecule has 0 saturated heterocycles. The number of halogens is 1. The van der Waals surface area contributed by atoms with Crippen LogP contribution in [0.15, 0.2) is 42.5 Å². The molecule has 0 bridgehead atoms. The molecule has 0 unspecified atom stereocenters. The highest BCUT2D eigenvalue weighted by molar-refractivity contribution is 7.22. The van der Waals surface area contributed by atoms with E-state index in [1.165, 1.54) is 23.5 Å². The van der Waals surface area contributed by atoms with E-state index in [9.17, 15) is 14.0 Å². The Morgan fingerprint density at radius 2 is 1.73 bits per heavy atom. The van der Waals surface area contributed by atoms with Crippen LogP contribution in [-0.2, 0) is 19.1 Å². The molecule has 30 heavy (non-hydrogen) atoms. The molecule has 1 atom stereocenters. The fourth-order valence-electron chi connectivity index (χ4n) is 3.18. The van der Waals surface area contributed by atoms with E-state index in [2.05, 4.69) is 10.3 Å². The summed E-state index contributed by atoms with van der Waals surface area (Å²) in [4.78, 5) is 30.0. The Balaban J connectivity index is 2.08. The average molecular weight is 431 g/mol. The van der Waals surface area contributed by atoms with Crippen LogP contribution in [0.5, 0.6) is 0 Å². The van der Waals surface area contributed by atoms with Gasteiger partial charge in [0.25, 0.3) is 0 Å². The molecule has 0 fully saturated rings. The number of hydrogen-bond donors (Lipinski definition) is 1. The van der Waals surface area contributed by atoms with E-state index in [-0.39, 0.29) is 18.8 Å². The van der Waals surface area contributed by atoms with E-state index >= 15 is 0 Å². The third-order valence-corrected chi connectivity index (χ3v) is 5.51. The summed E-state index contributed by atoms with van der Waals surface area (Å²) in [5, 5.41) is 3.56. The second kappa shape index (κ2) is 9.67. The molecule has 0 radical (unpaired) electrons. The SMILES string of the molecule is CCOC(=O)C(C(=O)OCC)[C@H](Nc1nc2c(C)cccc2s1)c1ccccc1F. The molecular formula is C22H23FN2O4S. The van der Waals surface area contributed by atoms with Crippen LogP contribution in [-0.4, -0.2) is 30.1 Å². The summed E-state index contributed by atoms with van der Waals surface area (Å²) >= 11 is 1.36. The van der Waals surface area contributed by atoms with Gasteiger partial charge in [-0.15, -0.1) is 0 Å². The first kappa shape index (κ1) is 21.7. The van der Waals surface area contributed by atoms with Crippen LogP contribution < -0.4 is 5.32 Å². The number of nitrogens with one attached hydrogen (secondary N) is 1. The number of aryl methyl sites for hydroxylation is 1. The van der Waals surface area contributed by atoms with Crippen molar-refractivity contribution in [2.45, 2.75) is 26.8 Å². The van der Waals surface area contributed by atoms with Gasteiger partial charge in [-0.3, -0.25) is 9.59 Å². The highest BCUT2D eigenvalue weighted by Crippen LogP contribution is 2.35. The Labute approximate surface area is 178 Å². The molecule has 0 aliphatic heterocycles. The van der Waals surface area contributed by atoms with Crippen LogP contribution in [0.2, 0.25) is 0 Å². The minimum Gasteiger partial charge on any atom is -0.465 e. The van der Waals surface area contributed by atoms with Crippen molar-refractivity contribution in [2.75, 3.05) is 18.5 Å². The second-order valence-corrected chi connectivity index (χ2v) is 7.60. The predicted molar refractivity (Wildman–Crippen MR) is 114 cm³/mol. The van der Waals surface area contributed by atoms with Crippen molar-refractivity contribution in [3.63, 3.8) is 0 Å². The fourth-order valence-corrected chi connectivity index (χ4v) is 4.16. The van der Waals surface area contributed by atoms with Crippen LogP contribution in [0.4, 0.5) is 9.52 Å². The molecule has 0 amide bonds. The molecule has 6 nitrogen and oxygen atoms in total. The van der Waals surface area contributed by atoms with E-state index in [0.717, 1.165) is 15.8 Å². The Bertz CT molecular complexity index is 1030. The van der Waals surface area contributed by atoms with Crippen LogP contribution in [0.25, 0.3) is 10.2 Å². The molecular weight excluding hydrogens is 407 g/mol. The van der Waals surface area contributed by atoms with Gasteiger partial charge in [0.1, 0.15) is 5.82 Å². The quantitative estimate of drug-likeness (QED) is 0.414. The first-order chi connectivity index (χ1) is 14.5. The zero-order chi connectivity index (χ0) is 21.7. The minimum atomic E-state index is -1.39. The monoisotopic (exact) mass is 430 g/mol. The van der Waals surface area contributed by atoms with Crippen molar-refractivity contribution in [3.05, 3.63) is 59.4 Å². The molecule has 158 valence electrons. The molecule has 3 rings (SSSR count). The predicted octanol–water partition coefficient (Wildman–Crippen LogP) is 4.64. The van der Waals surface area contributed by atoms with Crippen molar-refractivity contribution in [2.24, 2.45) is 5.92 Å². The average Bonchev–Trinajstić information content (AvgIpc) is 3.12. The molecule has 2 aromatic carbocycles. The number of nitrogens with zero attached hydrogens (tertiary/aromatic N) is 1. The van der Waals surface area contributed by atoms with Crippen LogP contribution in [0, 0.1) is 18.7 Å². The van der Waals surface area contributed by atoms with E-state index in [1.807, 2.05) is 25.1 Å². The van der Waals surface area contributed by atoms with Gasteiger partial charge < -0.3 is 14.8 Å². The summed E-state index contributed by atoms with van der Waals surface area (Å²) in [7, 11) is 0. The molecule has 1 aromatic heterocycles. The van der Waals surface area contributed by atoms with E-state index in [1.54, 1.807) is 26.0 Å². The van der Waals surface area contributed by atoms with Gasteiger partial charge in [0, 0.05) is 5.56 Å². The molecule has 1 N–H and O–H groups in total. The van der Waals surface area contributed by atoms with E-state index in [4.69, 9.17) is 9.47 Å². The summed E-state index contributed by atoms with van der Waals surface area (Å²) in [6.45, 7) is 5.39. The standard InChI is InChI=1S/C22H23FN2O4S/c1-4-28-20(26)17(21(27)29-5-2)19(14-10-6-7-11-15(14)23)25-22-24-18-13(3)9-8-12-16(18)30-22/h6-12,17,19H,4-5H2,1-3H3,(H,24,25)/t19-/m1/s1. The van der Waals surface area contributed by atoms with Gasteiger partial charge in [0.05, 0.1) is 29.5 Å². The number of aromatic nitrogens is 1. The zero-order valence-corrected chi connectivity index (χ0v) is 17.8. The minimum absolute atomic E-state index is 0.0824. The Hall–Kier alpha value is -3.00. The maximum Gasteiger partial charge on any atom is 0.322 e. The number of hydrogen-bond acceptors (Lipinski definition) is 7. The molecule has 0 aliphatic rings. The zero-order valence-electron chi connectivity index (χ0n) is 17.0.